The maximum absolute atomic E-state index is 12.6. The highest BCUT2D eigenvalue weighted by molar-refractivity contribution is 7.19. The van der Waals surface area contributed by atoms with Crippen LogP contribution in [0.3, 0.4) is 0 Å². The summed E-state index contributed by atoms with van der Waals surface area (Å²) in [5.74, 6) is 1.76. The summed E-state index contributed by atoms with van der Waals surface area (Å²) in [7, 11) is 3.15. The van der Waals surface area contributed by atoms with E-state index < -0.39 is 0 Å². The average Bonchev–Trinajstić information content (AvgIpc) is 3.44. The normalized spacial score (nSPS) is 10.6. The zero-order valence-electron chi connectivity index (χ0n) is 16.5. The van der Waals surface area contributed by atoms with Crippen molar-refractivity contribution < 1.29 is 18.7 Å². The van der Waals surface area contributed by atoms with Crippen LogP contribution in [0.2, 0.25) is 0 Å². The molecule has 30 heavy (non-hydrogen) atoms. The summed E-state index contributed by atoms with van der Waals surface area (Å²) in [6.07, 6.45) is 1.82. The summed E-state index contributed by atoms with van der Waals surface area (Å²) in [6.45, 7) is 0. The Kier molecular flexibility index (Phi) is 5.81. The largest absolute Gasteiger partial charge is 0.493 e. The number of methoxy groups -OCH3 is 2. The highest BCUT2D eigenvalue weighted by Gasteiger charge is 2.18. The van der Waals surface area contributed by atoms with E-state index in [4.69, 9.17) is 13.9 Å². The van der Waals surface area contributed by atoms with E-state index in [0.29, 0.717) is 22.4 Å². The van der Waals surface area contributed by atoms with Gasteiger partial charge in [-0.15, -0.1) is 0 Å². The number of benzene rings is 2. The zero-order chi connectivity index (χ0) is 20.9. The van der Waals surface area contributed by atoms with Gasteiger partial charge in [0, 0.05) is 5.56 Å². The summed E-state index contributed by atoms with van der Waals surface area (Å²) >= 11 is 1.38. The number of furan rings is 1. The molecule has 4 aromatic rings. The van der Waals surface area contributed by atoms with Crippen molar-refractivity contribution in [2.24, 2.45) is 0 Å². The minimum atomic E-state index is -0.165. The van der Waals surface area contributed by atoms with Crippen LogP contribution in [0, 0.1) is 0 Å². The summed E-state index contributed by atoms with van der Waals surface area (Å²) < 4.78 is 16.1. The SMILES string of the molecule is COc1ccc(CC(=O)Nc2nc(-c3ccccc3)c(-c3ccco3)s2)cc1OC. The number of aromatic nitrogens is 1. The van der Waals surface area contributed by atoms with E-state index in [1.54, 1.807) is 32.6 Å². The van der Waals surface area contributed by atoms with Crippen LogP contribution in [0.1, 0.15) is 5.56 Å². The molecule has 0 fully saturated rings. The van der Waals surface area contributed by atoms with Gasteiger partial charge in [-0.2, -0.15) is 0 Å². The van der Waals surface area contributed by atoms with Gasteiger partial charge in [-0.1, -0.05) is 47.7 Å². The standard InChI is InChI=1S/C23H20N2O4S/c1-27-17-11-10-15(13-19(17)28-2)14-20(26)24-23-25-21(16-7-4-3-5-8-16)22(30-23)18-9-6-12-29-18/h3-13H,14H2,1-2H3,(H,24,25,26). The van der Waals surface area contributed by atoms with Crippen LogP contribution in [-0.4, -0.2) is 25.1 Å². The molecule has 1 amide bonds. The van der Waals surface area contributed by atoms with Crippen molar-refractivity contribution in [1.29, 1.82) is 0 Å². The first kappa shape index (κ1) is 19.7. The van der Waals surface area contributed by atoms with E-state index in [-0.39, 0.29) is 12.3 Å². The third-order valence-corrected chi connectivity index (χ3v) is 5.46. The van der Waals surface area contributed by atoms with Gasteiger partial charge in [0.15, 0.2) is 16.6 Å². The number of hydrogen-bond donors (Lipinski definition) is 1. The number of anilines is 1. The smallest absolute Gasteiger partial charge is 0.230 e. The molecular formula is C23H20N2O4S. The Balaban J connectivity index is 1.57. The zero-order valence-corrected chi connectivity index (χ0v) is 17.4. The van der Waals surface area contributed by atoms with Crippen molar-refractivity contribution in [3.05, 3.63) is 72.5 Å². The molecule has 0 aliphatic heterocycles. The quantitative estimate of drug-likeness (QED) is 0.441. The number of carbonyl (C=O) groups is 1. The van der Waals surface area contributed by atoms with E-state index in [1.165, 1.54) is 11.3 Å². The molecule has 2 heterocycles. The second kappa shape index (κ2) is 8.84. The van der Waals surface area contributed by atoms with Crippen molar-refractivity contribution in [2.75, 3.05) is 19.5 Å². The van der Waals surface area contributed by atoms with Gasteiger partial charge in [0.25, 0.3) is 0 Å². The highest BCUT2D eigenvalue weighted by Crippen LogP contribution is 2.39. The molecule has 0 saturated carbocycles. The molecule has 4 rings (SSSR count). The summed E-state index contributed by atoms with van der Waals surface area (Å²) in [6, 6.07) is 19.0. The first-order valence-corrected chi connectivity index (χ1v) is 10.1. The van der Waals surface area contributed by atoms with Gasteiger partial charge in [-0.3, -0.25) is 4.79 Å². The molecule has 0 aliphatic rings. The van der Waals surface area contributed by atoms with Gasteiger partial charge < -0.3 is 19.2 Å². The fourth-order valence-electron chi connectivity index (χ4n) is 3.08. The molecule has 0 radical (unpaired) electrons. The first-order chi connectivity index (χ1) is 14.7. The van der Waals surface area contributed by atoms with Crippen molar-refractivity contribution in [1.82, 2.24) is 4.98 Å². The van der Waals surface area contributed by atoms with Crippen LogP contribution in [0.15, 0.2) is 71.3 Å². The number of amides is 1. The highest BCUT2D eigenvalue weighted by atomic mass is 32.1. The molecule has 6 nitrogen and oxygen atoms in total. The Morgan fingerprint density at radius 3 is 2.53 bits per heavy atom. The van der Waals surface area contributed by atoms with E-state index in [0.717, 1.165) is 21.7 Å². The lowest BCUT2D eigenvalue weighted by Crippen LogP contribution is -2.14. The van der Waals surface area contributed by atoms with Crippen molar-refractivity contribution >= 4 is 22.4 Å². The Bertz CT molecular complexity index is 1140. The van der Waals surface area contributed by atoms with Gasteiger partial charge in [0.2, 0.25) is 5.91 Å². The number of nitrogens with one attached hydrogen (secondary N) is 1. The summed E-state index contributed by atoms with van der Waals surface area (Å²) in [5, 5.41) is 3.42. The molecule has 1 N–H and O–H groups in total. The van der Waals surface area contributed by atoms with Crippen LogP contribution in [0.5, 0.6) is 11.5 Å². The van der Waals surface area contributed by atoms with Gasteiger partial charge in [0.1, 0.15) is 5.76 Å². The number of thiazole rings is 1. The third kappa shape index (κ3) is 4.21. The lowest BCUT2D eigenvalue weighted by Gasteiger charge is -2.09. The maximum atomic E-state index is 12.6. The van der Waals surface area contributed by atoms with E-state index in [2.05, 4.69) is 10.3 Å². The maximum Gasteiger partial charge on any atom is 0.230 e. The summed E-state index contributed by atoms with van der Waals surface area (Å²) in [5.41, 5.74) is 2.55. The van der Waals surface area contributed by atoms with Crippen LogP contribution < -0.4 is 14.8 Å². The van der Waals surface area contributed by atoms with Crippen molar-refractivity contribution in [3.8, 4) is 33.4 Å². The molecule has 0 unspecified atom stereocenters. The minimum Gasteiger partial charge on any atom is -0.493 e. The molecule has 0 spiro atoms. The fourth-order valence-corrected chi connectivity index (χ4v) is 4.05. The van der Waals surface area contributed by atoms with Gasteiger partial charge in [-0.05, 0) is 29.8 Å². The molecule has 0 saturated heterocycles. The van der Waals surface area contributed by atoms with Crippen molar-refractivity contribution in [3.63, 3.8) is 0 Å². The molecule has 2 aromatic carbocycles. The van der Waals surface area contributed by atoms with Crippen molar-refractivity contribution in [2.45, 2.75) is 6.42 Å². The van der Waals surface area contributed by atoms with E-state index in [1.807, 2.05) is 48.5 Å². The second-order valence-electron chi connectivity index (χ2n) is 6.45. The Hall–Kier alpha value is -3.58. The topological polar surface area (TPSA) is 73.6 Å². The van der Waals surface area contributed by atoms with E-state index >= 15 is 0 Å². The van der Waals surface area contributed by atoms with Gasteiger partial charge in [-0.25, -0.2) is 4.98 Å². The molecule has 0 aliphatic carbocycles. The lowest BCUT2D eigenvalue weighted by atomic mass is 10.1. The average molecular weight is 420 g/mol. The predicted octanol–water partition coefficient (Wildman–Crippen LogP) is 5.27. The number of nitrogens with zero attached hydrogens (tertiary/aromatic N) is 1. The minimum absolute atomic E-state index is 0.165. The number of rotatable bonds is 7. The molecule has 2 aromatic heterocycles. The summed E-state index contributed by atoms with van der Waals surface area (Å²) in [4.78, 5) is 18.2. The van der Waals surface area contributed by atoms with Crippen LogP contribution in [-0.2, 0) is 11.2 Å². The predicted molar refractivity (Wildman–Crippen MR) is 117 cm³/mol. The number of hydrogen-bond acceptors (Lipinski definition) is 6. The Morgan fingerprint density at radius 1 is 1.03 bits per heavy atom. The Labute approximate surface area is 178 Å². The van der Waals surface area contributed by atoms with Crippen LogP contribution >= 0.6 is 11.3 Å². The monoisotopic (exact) mass is 420 g/mol. The second-order valence-corrected chi connectivity index (χ2v) is 7.45. The first-order valence-electron chi connectivity index (χ1n) is 9.29. The molecule has 7 heteroatoms. The lowest BCUT2D eigenvalue weighted by molar-refractivity contribution is -0.115. The Morgan fingerprint density at radius 2 is 1.83 bits per heavy atom. The molecule has 152 valence electrons. The van der Waals surface area contributed by atoms with E-state index in [9.17, 15) is 4.79 Å². The van der Waals surface area contributed by atoms with Crippen LogP contribution in [0.25, 0.3) is 21.9 Å². The van der Waals surface area contributed by atoms with Gasteiger partial charge >= 0.3 is 0 Å². The fraction of sp³-hybridized carbons (Fsp3) is 0.130. The van der Waals surface area contributed by atoms with Gasteiger partial charge in [0.05, 0.1) is 37.5 Å². The number of carbonyl (C=O) groups excluding carboxylic acids is 1. The molecular weight excluding hydrogens is 400 g/mol. The number of ether oxygens (including phenoxy) is 2. The third-order valence-electron chi connectivity index (χ3n) is 4.48. The molecule has 0 atom stereocenters. The van der Waals surface area contributed by atoms with Crippen LogP contribution in [0.4, 0.5) is 5.13 Å². The molecule has 0 bridgehead atoms.